The van der Waals surface area contributed by atoms with Gasteiger partial charge in [-0.05, 0) is 46.6 Å². The maximum atomic E-state index is 11.3. The van der Waals surface area contributed by atoms with E-state index >= 15 is 0 Å². The topological polar surface area (TPSA) is 139 Å². The standard InChI is InChI=1S/C15H19BrN6O3S/c1-10(23)18-7-2-8-19-14-13(16)9-20-15(22-14)21-11-3-5-12(6-4-11)26(17,24)25/h3-6,9H,2,7-8H2,1H3,(H,18,23)(H2,17,24,25)(H2,19,20,21,22). The lowest BCUT2D eigenvalue weighted by molar-refractivity contribution is -0.118. The maximum absolute atomic E-state index is 11.3. The van der Waals surface area contributed by atoms with Crippen molar-refractivity contribution in [3.05, 3.63) is 34.9 Å². The molecule has 0 bridgehead atoms. The van der Waals surface area contributed by atoms with Crippen molar-refractivity contribution in [1.82, 2.24) is 15.3 Å². The van der Waals surface area contributed by atoms with Crippen LogP contribution in [0.25, 0.3) is 0 Å². The fourth-order valence-electron chi connectivity index (χ4n) is 1.97. The van der Waals surface area contributed by atoms with Gasteiger partial charge >= 0.3 is 0 Å². The van der Waals surface area contributed by atoms with Crippen LogP contribution in [0.3, 0.4) is 0 Å². The normalized spacial score (nSPS) is 11.0. The molecule has 2 rings (SSSR count). The number of amides is 1. The monoisotopic (exact) mass is 442 g/mol. The van der Waals surface area contributed by atoms with Gasteiger partial charge in [-0.25, -0.2) is 18.5 Å². The molecule has 0 unspecified atom stereocenters. The molecule has 0 aliphatic heterocycles. The molecule has 11 heteroatoms. The number of rotatable bonds is 8. The number of nitrogens with zero attached hydrogens (tertiary/aromatic N) is 2. The minimum Gasteiger partial charge on any atom is -0.369 e. The molecule has 0 saturated heterocycles. The highest BCUT2D eigenvalue weighted by atomic mass is 79.9. The van der Waals surface area contributed by atoms with Crippen LogP contribution in [0.4, 0.5) is 17.5 Å². The quantitative estimate of drug-likeness (QED) is 0.454. The third kappa shape index (κ3) is 6.24. The highest BCUT2D eigenvalue weighted by Gasteiger charge is 2.08. The number of benzene rings is 1. The third-order valence-corrected chi connectivity index (χ3v) is 4.71. The molecular weight excluding hydrogens is 424 g/mol. The van der Waals surface area contributed by atoms with Gasteiger partial charge in [-0.2, -0.15) is 4.98 Å². The second kappa shape index (κ2) is 8.92. The van der Waals surface area contributed by atoms with E-state index < -0.39 is 10.0 Å². The molecule has 1 aromatic heterocycles. The molecule has 0 aliphatic carbocycles. The Labute approximate surface area is 160 Å². The van der Waals surface area contributed by atoms with E-state index in [4.69, 9.17) is 5.14 Å². The molecule has 0 fully saturated rings. The number of sulfonamides is 1. The lowest BCUT2D eigenvalue weighted by atomic mass is 10.3. The van der Waals surface area contributed by atoms with Crippen LogP contribution in [0.5, 0.6) is 0 Å². The molecule has 0 atom stereocenters. The first-order valence-corrected chi connectivity index (χ1v) is 10.0. The summed E-state index contributed by atoms with van der Waals surface area (Å²) in [5.41, 5.74) is 0.622. The fraction of sp³-hybridized carbons (Fsp3) is 0.267. The van der Waals surface area contributed by atoms with Crippen LogP contribution >= 0.6 is 15.9 Å². The Morgan fingerprint density at radius 1 is 1.23 bits per heavy atom. The molecule has 9 nitrogen and oxygen atoms in total. The maximum Gasteiger partial charge on any atom is 0.238 e. The number of anilines is 3. The molecule has 0 aliphatic rings. The average Bonchev–Trinajstić information content (AvgIpc) is 2.56. The molecule has 26 heavy (non-hydrogen) atoms. The molecule has 0 saturated carbocycles. The Bertz CT molecular complexity index is 873. The van der Waals surface area contributed by atoms with E-state index in [0.717, 1.165) is 6.42 Å². The van der Waals surface area contributed by atoms with E-state index in [1.54, 1.807) is 18.3 Å². The second-order valence-electron chi connectivity index (χ2n) is 5.35. The molecule has 2 aromatic rings. The van der Waals surface area contributed by atoms with Crippen molar-refractivity contribution in [2.45, 2.75) is 18.2 Å². The number of nitrogens with one attached hydrogen (secondary N) is 3. The van der Waals surface area contributed by atoms with Crippen LogP contribution in [0.2, 0.25) is 0 Å². The van der Waals surface area contributed by atoms with Crippen LogP contribution in [-0.2, 0) is 14.8 Å². The zero-order chi connectivity index (χ0) is 19.2. The number of hydrogen-bond acceptors (Lipinski definition) is 7. The van der Waals surface area contributed by atoms with E-state index in [1.807, 2.05) is 0 Å². The smallest absolute Gasteiger partial charge is 0.238 e. The van der Waals surface area contributed by atoms with E-state index in [1.165, 1.54) is 19.1 Å². The van der Waals surface area contributed by atoms with Crippen molar-refractivity contribution < 1.29 is 13.2 Å². The van der Waals surface area contributed by atoms with E-state index in [2.05, 4.69) is 41.8 Å². The summed E-state index contributed by atoms with van der Waals surface area (Å²) in [6.07, 6.45) is 2.35. The number of halogens is 1. The first-order valence-electron chi connectivity index (χ1n) is 7.66. The zero-order valence-corrected chi connectivity index (χ0v) is 16.4. The van der Waals surface area contributed by atoms with Gasteiger partial charge in [0, 0.05) is 31.9 Å². The number of carbonyl (C=O) groups excluding carboxylic acids is 1. The van der Waals surface area contributed by atoms with E-state index in [-0.39, 0.29) is 10.8 Å². The Balaban J connectivity index is 1.99. The first-order chi connectivity index (χ1) is 12.3. The third-order valence-electron chi connectivity index (χ3n) is 3.20. The van der Waals surface area contributed by atoms with Gasteiger partial charge in [0.1, 0.15) is 5.82 Å². The molecule has 1 amide bonds. The summed E-state index contributed by atoms with van der Waals surface area (Å²) in [4.78, 5) is 19.4. The first kappa shape index (κ1) is 20.1. The lowest BCUT2D eigenvalue weighted by Crippen LogP contribution is -2.22. The van der Waals surface area contributed by atoms with Gasteiger partial charge in [-0.1, -0.05) is 0 Å². The largest absolute Gasteiger partial charge is 0.369 e. The summed E-state index contributed by atoms with van der Waals surface area (Å²) >= 11 is 3.37. The Morgan fingerprint density at radius 3 is 2.54 bits per heavy atom. The Morgan fingerprint density at radius 2 is 1.92 bits per heavy atom. The zero-order valence-electron chi connectivity index (χ0n) is 14.0. The summed E-state index contributed by atoms with van der Waals surface area (Å²) in [7, 11) is -3.73. The summed E-state index contributed by atoms with van der Waals surface area (Å²) in [6.45, 7) is 2.67. The Hall–Kier alpha value is -2.24. The highest BCUT2D eigenvalue weighted by Crippen LogP contribution is 2.22. The van der Waals surface area contributed by atoms with Crippen molar-refractivity contribution in [1.29, 1.82) is 0 Å². The van der Waals surface area contributed by atoms with Crippen molar-refractivity contribution in [2.75, 3.05) is 23.7 Å². The molecule has 0 radical (unpaired) electrons. The molecular formula is C15H19BrN6O3S. The van der Waals surface area contributed by atoms with Crippen molar-refractivity contribution >= 4 is 49.3 Å². The van der Waals surface area contributed by atoms with Gasteiger partial charge in [0.05, 0.1) is 9.37 Å². The van der Waals surface area contributed by atoms with Gasteiger partial charge < -0.3 is 16.0 Å². The molecule has 140 valence electrons. The summed E-state index contributed by atoms with van der Waals surface area (Å²) in [5, 5.41) is 13.9. The minimum atomic E-state index is -3.73. The van der Waals surface area contributed by atoms with Crippen molar-refractivity contribution in [3.8, 4) is 0 Å². The SMILES string of the molecule is CC(=O)NCCCNc1nc(Nc2ccc(S(N)(=O)=O)cc2)ncc1Br. The molecule has 0 spiro atoms. The van der Waals surface area contributed by atoms with Crippen LogP contribution in [-0.4, -0.2) is 37.4 Å². The van der Waals surface area contributed by atoms with E-state index in [9.17, 15) is 13.2 Å². The van der Waals surface area contributed by atoms with Gasteiger partial charge in [0.2, 0.25) is 21.9 Å². The summed E-state index contributed by atoms with van der Waals surface area (Å²) in [5.74, 6) is 0.889. The minimum absolute atomic E-state index is 0.0290. The van der Waals surface area contributed by atoms with Crippen molar-refractivity contribution in [3.63, 3.8) is 0 Å². The number of nitrogens with two attached hydrogens (primary N) is 1. The van der Waals surface area contributed by atoms with Crippen LogP contribution < -0.4 is 21.1 Å². The van der Waals surface area contributed by atoms with Gasteiger partial charge in [0.25, 0.3) is 0 Å². The summed E-state index contributed by atoms with van der Waals surface area (Å²) in [6, 6.07) is 5.95. The lowest BCUT2D eigenvalue weighted by Gasteiger charge is -2.10. The van der Waals surface area contributed by atoms with Crippen molar-refractivity contribution in [2.24, 2.45) is 5.14 Å². The second-order valence-corrected chi connectivity index (χ2v) is 7.76. The van der Waals surface area contributed by atoms with Crippen LogP contribution in [0, 0.1) is 0 Å². The van der Waals surface area contributed by atoms with Gasteiger partial charge in [-0.15, -0.1) is 0 Å². The summed E-state index contributed by atoms with van der Waals surface area (Å²) < 4.78 is 23.2. The predicted molar refractivity (Wildman–Crippen MR) is 103 cm³/mol. The average molecular weight is 443 g/mol. The fourth-order valence-corrected chi connectivity index (χ4v) is 2.81. The number of hydrogen-bond donors (Lipinski definition) is 4. The van der Waals surface area contributed by atoms with Crippen LogP contribution in [0.1, 0.15) is 13.3 Å². The van der Waals surface area contributed by atoms with Crippen LogP contribution in [0.15, 0.2) is 39.8 Å². The predicted octanol–water partition coefficient (Wildman–Crippen LogP) is 1.57. The van der Waals surface area contributed by atoms with Gasteiger partial charge in [0.15, 0.2) is 0 Å². The number of aromatic nitrogens is 2. The molecule has 1 aromatic carbocycles. The highest BCUT2D eigenvalue weighted by molar-refractivity contribution is 9.10. The van der Waals surface area contributed by atoms with E-state index in [0.29, 0.717) is 35.0 Å². The molecule has 1 heterocycles. The Kier molecular flexibility index (Phi) is 6.89. The van der Waals surface area contributed by atoms with Gasteiger partial charge in [-0.3, -0.25) is 4.79 Å². The molecule has 5 N–H and O–H groups in total. The number of carbonyl (C=O) groups is 1. The number of primary sulfonamides is 1.